The molecular formula is C15H17FN2. The summed E-state index contributed by atoms with van der Waals surface area (Å²) in [5.74, 6) is -0.311. The molecule has 1 unspecified atom stereocenters. The van der Waals surface area contributed by atoms with Crippen LogP contribution in [0, 0.1) is 5.82 Å². The van der Waals surface area contributed by atoms with Gasteiger partial charge >= 0.3 is 0 Å². The van der Waals surface area contributed by atoms with Gasteiger partial charge in [-0.2, -0.15) is 0 Å². The summed E-state index contributed by atoms with van der Waals surface area (Å²) >= 11 is 0. The first-order valence-electron chi connectivity index (χ1n) is 6.00. The molecule has 0 aliphatic carbocycles. The van der Waals surface area contributed by atoms with Gasteiger partial charge in [-0.15, -0.1) is 0 Å². The van der Waals surface area contributed by atoms with Gasteiger partial charge in [-0.1, -0.05) is 30.3 Å². The number of benzene rings is 2. The number of nitrogen functional groups attached to an aromatic ring is 1. The molecule has 0 amide bonds. The maximum Gasteiger partial charge on any atom is 0.125 e. The largest absolute Gasteiger partial charge is 0.397 e. The molecule has 94 valence electrons. The minimum atomic E-state index is -0.311. The quantitative estimate of drug-likeness (QED) is 0.808. The maximum absolute atomic E-state index is 12.9. The lowest BCUT2D eigenvalue weighted by Gasteiger charge is -2.16. The highest BCUT2D eigenvalue weighted by Crippen LogP contribution is 2.20. The Labute approximate surface area is 107 Å². The molecule has 0 radical (unpaired) electrons. The number of anilines is 2. The zero-order chi connectivity index (χ0) is 13.0. The lowest BCUT2D eigenvalue weighted by Crippen LogP contribution is -2.18. The molecule has 0 bridgehead atoms. The molecule has 0 aliphatic heterocycles. The highest BCUT2D eigenvalue weighted by molar-refractivity contribution is 5.66. The van der Waals surface area contributed by atoms with E-state index in [9.17, 15) is 4.39 Å². The van der Waals surface area contributed by atoms with Gasteiger partial charge in [-0.3, -0.25) is 0 Å². The molecule has 2 rings (SSSR count). The van der Waals surface area contributed by atoms with Crippen LogP contribution in [0.25, 0.3) is 0 Å². The van der Waals surface area contributed by atoms with E-state index >= 15 is 0 Å². The van der Waals surface area contributed by atoms with E-state index in [1.54, 1.807) is 6.07 Å². The van der Waals surface area contributed by atoms with Gasteiger partial charge in [-0.05, 0) is 37.1 Å². The lowest BCUT2D eigenvalue weighted by molar-refractivity contribution is 0.628. The van der Waals surface area contributed by atoms with E-state index in [1.165, 1.54) is 17.7 Å². The summed E-state index contributed by atoms with van der Waals surface area (Å²) in [6.45, 7) is 2.08. The highest BCUT2D eigenvalue weighted by Gasteiger charge is 2.06. The fraction of sp³-hybridized carbons (Fsp3) is 0.200. The zero-order valence-electron chi connectivity index (χ0n) is 10.4. The fourth-order valence-corrected chi connectivity index (χ4v) is 1.95. The van der Waals surface area contributed by atoms with Crippen LogP contribution in [0.2, 0.25) is 0 Å². The van der Waals surface area contributed by atoms with Gasteiger partial charge in [0, 0.05) is 6.04 Å². The molecule has 2 aromatic rings. The normalized spacial score (nSPS) is 12.1. The van der Waals surface area contributed by atoms with Crippen molar-refractivity contribution in [3.05, 3.63) is 59.9 Å². The second-order valence-corrected chi connectivity index (χ2v) is 4.47. The van der Waals surface area contributed by atoms with E-state index in [-0.39, 0.29) is 11.9 Å². The Morgan fingerprint density at radius 2 is 1.89 bits per heavy atom. The molecule has 3 N–H and O–H groups in total. The third-order valence-corrected chi connectivity index (χ3v) is 2.80. The second-order valence-electron chi connectivity index (χ2n) is 4.47. The predicted molar refractivity (Wildman–Crippen MR) is 74.0 cm³/mol. The Bertz CT molecular complexity index is 511. The van der Waals surface area contributed by atoms with E-state index in [0.29, 0.717) is 5.69 Å². The Hall–Kier alpha value is -2.03. The van der Waals surface area contributed by atoms with Crippen molar-refractivity contribution in [3.63, 3.8) is 0 Å². The number of rotatable bonds is 4. The van der Waals surface area contributed by atoms with Gasteiger partial charge in [-0.25, -0.2) is 4.39 Å². The third kappa shape index (κ3) is 3.23. The van der Waals surface area contributed by atoms with Gasteiger partial charge in [0.1, 0.15) is 5.82 Å². The smallest absolute Gasteiger partial charge is 0.125 e. The number of hydrogen-bond donors (Lipinski definition) is 2. The molecule has 2 nitrogen and oxygen atoms in total. The van der Waals surface area contributed by atoms with Gasteiger partial charge in [0.25, 0.3) is 0 Å². The fourth-order valence-electron chi connectivity index (χ4n) is 1.95. The summed E-state index contributed by atoms with van der Waals surface area (Å²) in [5.41, 5.74) is 8.24. The second kappa shape index (κ2) is 5.54. The van der Waals surface area contributed by atoms with Crippen molar-refractivity contribution in [1.29, 1.82) is 0 Å². The lowest BCUT2D eigenvalue weighted by atomic mass is 10.1. The zero-order valence-corrected chi connectivity index (χ0v) is 10.4. The Balaban J connectivity index is 2.01. The number of halogens is 1. The predicted octanol–water partition coefficient (Wildman–Crippen LogP) is 3.45. The first kappa shape index (κ1) is 12.4. The van der Waals surface area contributed by atoms with Crippen LogP contribution in [0.5, 0.6) is 0 Å². The SMILES string of the molecule is CC(Cc1ccccc1)Nc1ccc(F)cc1N. The van der Waals surface area contributed by atoms with Gasteiger partial charge in [0.05, 0.1) is 11.4 Å². The Morgan fingerprint density at radius 1 is 1.17 bits per heavy atom. The third-order valence-electron chi connectivity index (χ3n) is 2.80. The number of nitrogens with one attached hydrogen (secondary N) is 1. The monoisotopic (exact) mass is 244 g/mol. The summed E-state index contributed by atoms with van der Waals surface area (Å²) in [6, 6.07) is 14.9. The van der Waals surface area contributed by atoms with Crippen LogP contribution in [-0.2, 0) is 6.42 Å². The average Bonchev–Trinajstić information content (AvgIpc) is 2.34. The van der Waals surface area contributed by atoms with Crippen LogP contribution >= 0.6 is 0 Å². The molecule has 2 aromatic carbocycles. The standard InChI is InChI=1S/C15H17FN2/c1-11(9-12-5-3-2-4-6-12)18-15-8-7-13(16)10-14(15)17/h2-8,10-11,18H,9,17H2,1H3. The molecule has 3 heteroatoms. The van der Waals surface area contributed by atoms with E-state index in [1.807, 2.05) is 18.2 Å². The summed E-state index contributed by atoms with van der Waals surface area (Å²) in [5, 5.41) is 3.29. The van der Waals surface area contributed by atoms with Gasteiger partial charge < -0.3 is 11.1 Å². The van der Waals surface area contributed by atoms with Crippen LogP contribution < -0.4 is 11.1 Å². The van der Waals surface area contributed by atoms with Crippen LogP contribution in [0.1, 0.15) is 12.5 Å². The van der Waals surface area contributed by atoms with Crippen molar-refractivity contribution in [2.45, 2.75) is 19.4 Å². The van der Waals surface area contributed by atoms with Gasteiger partial charge in [0.2, 0.25) is 0 Å². The van der Waals surface area contributed by atoms with E-state index < -0.39 is 0 Å². The van der Waals surface area contributed by atoms with Crippen molar-refractivity contribution >= 4 is 11.4 Å². The van der Waals surface area contributed by atoms with Crippen molar-refractivity contribution < 1.29 is 4.39 Å². The highest BCUT2D eigenvalue weighted by atomic mass is 19.1. The summed E-state index contributed by atoms with van der Waals surface area (Å²) < 4.78 is 12.9. The molecule has 0 fully saturated rings. The molecule has 0 saturated heterocycles. The number of hydrogen-bond acceptors (Lipinski definition) is 2. The van der Waals surface area contributed by atoms with Crippen LogP contribution in [-0.4, -0.2) is 6.04 Å². The van der Waals surface area contributed by atoms with Crippen LogP contribution in [0.3, 0.4) is 0 Å². The molecule has 0 spiro atoms. The van der Waals surface area contributed by atoms with Crippen LogP contribution in [0.15, 0.2) is 48.5 Å². The molecule has 0 saturated carbocycles. The minimum Gasteiger partial charge on any atom is -0.397 e. The molecule has 18 heavy (non-hydrogen) atoms. The summed E-state index contributed by atoms with van der Waals surface area (Å²) in [4.78, 5) is 0. The summed E-state index contributed by atoms with van der Waals surface area (Å²) in [6.07, 6.45) is 0.900. The molecule has 0 aliphatic rings. The van der Waals surface area contributed by atoms with E-state index in [4.69, 9.17) is 5.73 Å². The van der Waals surface area contributed by atoms with Crippen molar-refractivity contribution in [2.75, 3.05) is 11.1 Å². The van der Waals surface area contributed by atoms with Crippen molar-refractivity contribution in [2.24, 2.45) is 0 Å². The number of nitrogens with two attached hydrogens (primary N) is 1. The van der Waals surface area contributed by atoms with Crippen LogP contribution in [0.4, 0.5) is 15.8 Å². The first-order valence-corrected chi connectivity index (χ1v) is 6.00. The van der Waals surface area contributed by atoms with Gasteiger partial charge in [0.15, 0.2) is 0 Å². The topological polar surface area (TPSA) is 38.0 Å². The molecule has 0 aromatic heterocycles. The molecule has 1 atom stereocenters. The first-order chi connectivity index (χ1) is 8.65. The van der Waals surface area contributed by atoms with E-state index in [0.717, 1.165) is 12.1 Å². The van der Waals surface area contributed by atoms with Crippen molar-refractivity contribution in [1.82, 2.24) is 0 Å². The Kier molecular flexibility index (Phi) is 3.82. The average molecular weight is 244 g/mol. The maximum atomic E-state index is 12.9. The van der Waals surface area contributed by atoms with E-state index in [2.05, 4.69) is 24.4 Å². The summed E-state index contributed by atoms with van der Waals surface area (Å²) in [7, 11) is 0. The molecule has 0 heterocycles. The Morgan fingerprint density at radius 3 is 2.56 bits per heavy atom. The van der Waals surface area contributed by atoms with Crippen molar-refractivity contribution in [3.8, 4) is 0 Å². The molecular weight excluding hydrogens is 227 g/mol. The minimum absolute atomic E-state index is 0.236.